The van der Waals surface area contributed by atoms with Gasteiger partial charge < -0.3 is 25.3 Å². The zero-order valence-corrected chi connectivity index (χ0v) is 22.0. The second-order valence-corrected chi connectivity index (χ2v) is 9.93. The fourth-order valence-electron chi connectivity index (χ4n) is 4.98. The zero-order valence-electron chi connectivity index (χ0n) is 21.3. The first-order valence-corrected chi connectivity index (χ1v) is 12.9. The number of fused-ring (bicyclic) bond motifs is 2. The van der Waals surface area contributed by atoms with E-state index < -0.39 is 18.0 Å². The molecule has 1 aromatic heterocycles. The summed E-state index contributed by atoms with van der Waals surface area (Å²) in [6.45, 7) is 2.76. The van der Waals surface area contributed by atoms with Gasteiger partial charge in [0, 0.05) is 29.0 Å². The zero-order chi connectivity index (χ0) is 27.2. The van der Waals surface area contributed by atoms with E-state index in [1.807, 2.05) is 31.2 Å². The molecule has 9 nitrogen and oxygen atoms in total. The molecule has 2 heterocycles. The van der Waals surface area contributed by atoms with Crippen molar-refractivity contribution in [3.63, 3.8) is 0 Å². The number of ether oxygens (including phenoxy) is 1. The van der Waals surface area contributed by atoms with Gasteiger partial charge in [-0.3, -0.25) is 14.4 Å². The minimum absolute atomic E-state index is 0.0870. The number of hydrogen-bond donors (Lipinski definition) is 3. The molecule has 1 aliphatic rings. The number of amides is 3. The topological polar surface area (TPSA) is 127 Å². The van der Waals surface area contributed by atoms with Gasteiger partial charge in [-0.1, -0.05) is 30.7 Å². The van der Waals surface area contributed by atoms with Gasteiger partial charge in [-0.2, -0.15) is 5.26 Å². The molecule has 0 saturated carbocycles. The summed E-state index contributed by atoms with van der Waals surface area (Å²) in [4.78, 5) is 42.7. The lowest BCUT2D eigenvalue weighted by Gasteiger charge is -2.36. The SMILES string of the molecule is COc1cccc2[nH]c(C(=O)N3CCc4cc(Cl)ccc4C3C(=O)N[C@H](C#N)C[C@@H](C)CCNC=O)cc12. The Hall–Kier alpha value is -4.03. The van der Waals surface area contributed by atoms with Crippen molar-refractivity contribution >= 4 is 40.7 Å². The largest absolute Gasteiger partial charge is 0.496 e. The molecule has 0 bridgehead atoms. The molecule has 3 aromatic rings. The molecule has 0 fully saturated rings. The monoisotopic (exact) mass is 535 g/mol. The van der Waals surface area contributed by atoms with E-state index in [0.717, 1.165) is 16.5 Å². The predicted molar refractivity (Wildman–Crippen MR) is 144 cm³/mol. The number of aromatic nitrogens is 1. The smallest absolute Gasteiger partial charge is 0.271 e. The van der Waals surface area contributed by atoms with Crippen molar-refractivity contribution in [1.82, 2.24) is 20.5 Å². The van der Waals surface area contributed by atoms with E-state index in [4.69, 9.17) is 16.3 Å². The highest BCUT2D eigenvalue weighted by Crippen LogP contribution is 2.34. The summed E-state index contributed by atoms with van der Waals surface area (Å²) in [5, 5.41) is 16.5. The van der Waals surface area contributed by atoms with Crippen molar-refractivity contribution in [1.29, 1.82) is 5.26 Å². The molecule has 0 aliphatic carbocycles. The van der Waals surface area contributed by atoms with Crippen molar-refractivity contribution in [3.8, 4) is 11.8 Å². The summed E-state index contributed by atoms with van der Waals surface area (Å²) in [5.74, 6) is -0.0325. The summed E-state index contributed by atoms with van der Waals surface area (Å²) in [6.07, 6.45) is 2.26. The van der Waals surface area contributed by atoms with Crippen LogP contribution in [0, 0.1) is 17.2 Å². The second kappa shape index (κ2) is 12.0. The van der Waals surface area contributed by atoms with Gasteiger partial charge in [0.2, 0.25) is 12.3 Å². The van der Waals surface area contributed by atoms with Crippen molar-refractivity contribution in [2.75, 3.05) is 20.2 Å². The van der Waals surface area contributed by atoms with E-state index in [1.165, 1.54) is 4.90 Å². The minimum atomic E-state index is -0.931. The number of H-pyrrole nitrogens is 1. The standard InChI is InChI=1S/C28H30ClN5O4/c1-17(8-10-31-16-35)12-20(15-30)32-27(36)26-21-7-6-19(29)13-18(21)9-11-34(26)28(37)24-14-22-23(33-24)4-3-5-25(22)38-2/h3-7,13-14,16-17,20,26,33H,8-12H2,1-2H3,(H,31,35)(H,32,36)/t17-,20-,26?/m0/s1. The quantitative estimate of drug-likeness (QED) is 0.269. The number of halogens is 1. The van der Waals surface area contributed by atoms with Gasteiger partial charge in [-0.05, 0) is 66.6 Å². The van der Waals surface area contributed by atoms with Crippen LogP contribution in [0.25, 0.3) is 10.9 Å². The van der Waals surface area contributed by atoms with Gasteiger partial charge in [-0.25, -0.2) is 0 Å². The van der Waals surface area contributed by atoms with Crippen molar-refractivity contribution in [2.24, 2.45) is 5.92 Å². The number of rotatable bonds is 10. The van der Waals surface area contributed by atoms with Crippen LogP contribution in [0.1, 0.15) is 47.4 Å². The average molecular weight is 536 g/mol. The van der Waals surface area contributed by atoms with Crippen molar-refractivity contribution in [2.45, 2.75) is 38.3 Å². The molecule has 1 unspecified atom stereocenters. The van der Waals surface area contributed by atoms with Crippen LogP contribution in [0.5, 0.6) is 5.75 Å². The normalized spacial score (nSPS) is 16.2. The third-order valence-corrected chi connectivity index (χ3v) is 7.13. The molecule has 38 heavy (non-hydrogen) atoms. The first kappa shape index (κ1) is 27.0. The molecular weight excluding hydrogens is 506 g/mol. The first-order chi connectivity index (χ1) is 18.4. The third-order valence-electron chi connectivity index (χ3n) is 6.89. The molecule has 2 aromatic carbocycles. The molecule has 10 heteroatoms. The third kappa shape index (κ3) is 5.76. The van der Waals surface area contributed by atoms with Gasteiger partial charge in [0.1, 0.15) is 23.5 Å². The number of carbonyl (C=O) groups is 3. The van der Waals surface area contributed by atoms with Gasteiger partial charge in [0.15, 0.2) is 0 Å². The fraction of sp³-hybridized carbons (Fsp3) is 0.357. The average Bonchev–Trinajstić information content (AvgIpc) is 3.36. The van der Waals surface area contributed by atoms with Gasteiger partial charge in [0.05, 0.1) is 13.2 Å². The number of benzene rings is 2. The highest BCUT2D eigenvalue weighted by Gasteiger charge is 2.38. The highest BCUT2D eigenvalue weighted by atomic mass is 35.5. The van der Waals surface area contributed by atoms with E-state index in [2.05, 4.69) is 21.7 Å². The molecule has 3 atom stereocenters. The maximum atomic E-state index is 13.8. The summed E-state index contributed by atoms with van der Waals surface area (Å²) >= 11 is 6.22. The van der Waals surface area contributed by atoms with Crippen LogP contribution in [-0.2, 0) is 16.0 Å². The minimum Gasteiger partial charge on any atom is -0.496 e. The molecule has 1 aliphatic heterocycles. The molecule has 4 rings (SSSR count). The molecule has 198 valence electrons. The highest BCUT2D eigenvalue weighted by molar-refractivity contribution is 6.30. The van der Waals surface area contributed by atoms with Crippen molar-refractivity contribution in [3.05, 3.63) is 64.3 Å². The van der Waals surface area contributed by atoms with E-state index >= 15 is 0 Å². The molecular formula is C28H30ClN5O4. The molecule has 3 amide bonds. The van der Waals surface area contributed by atoms with Gasteiger partial charge in [0.25, 0.3) is 5.91 Å². The van der Waals surface area contributed by atoms with Crippen LogP contribution in [0.2, 0.25) is 5.02 Å². The Morgan fingerprint density at radius 3 is 2.87 bits per heavy atom. The van der Waals surface area contributed by atoms with Crippen LogP contribution < -0.4 is 15.4 Å². The molecule has 0 spiro atoms. The Balaban J connectivity index is 1.62. The summed E-state index contributed by atoms with van der Waals surface area (Å²) in [6, 6.07) is 13.0. The van der Waals surface area contributed by atoms with Crippen LogP contribution in [0.15, 0.2) is 42.5 Å². The summed E-state index contributed by atoms with van der Waals surface area (Å²) in [7, 11) is 1.57. The number of nitrogens with zero attached hydrogens (tertiary/aromatic N) is 2. The number of carbonyl (C=O) groups excluding carboxylic acids is 3. The maximum Gasteiger partial charge on any atom is 0.271 e. The predicted octanol–water partition coefficient (Wildman–Crippen LogP) is 3.74. The molecule has 3 N–H and O–H groups in total. The molecule has 0 radical (unpaired) electrons. The number of aromatic amines is 1. The maximum absolute atomic E-state index is 13.8. The Morgan fingerprint density at radius 2 is 2.13 bits per heavy atom. The van der Waals surface area contributed by atoms with Gasteiger partial charge in [-0.15, -0.1) is 0 Å². The lowest BCUT2D eigenvalue weighted by Crippen LogP contribution is -2.49. The number of nitriles is 1. The number of nitrogens with one attached hydrogen (secondary N) is 3. The fourth-order valence-corrected chi connectivity index (χ4v) is 5.17. The Labute approximate surface area is 226 Å². The lowest BCUT2D eigenvalue weighted by atomic mass is 9.91. The van der Waals surface area contributed by atoms with Crippen LogP contribution in [-0.4, -0.2) is 54.3 Å². The Kier molecular flexibility index (Phi) is 8.54. The summed E-state index contributed by atoms with van der Waals surface area (Å²) in [5.41, 5.74) is 2.66. The second-order valence-electron chi connectivity index (χ2n) is 9.49. The Morgan fingerprint density at radius 1 is 1.32 bits per heavy atom. The van der Waals surface area contributed by atoms with Crippen LogP contribution in [0.3, 0.4) is 0 Å². The van der Waals surface area contributed by atoms with E-state index in [0.29, 0.717) is 60.8 Å². The van der Waals surface area contributed by atoms with E-state index in [1.54, 1.807) is 25.3 Å². The van der Waals surface area contributed by atoms with Crippen molar-refractivity contribution < 1.29 is 19.1 Å². The van der Waals surface area contributed by atoms with E-state index in [-0.39, 0.29) is 11.8 Å². The van der Waals surface area contributed by atoms with Gasteiger partial charge >= 0.3 is 0 Å². The van der Waals surface area contributed by atoms with Crippen LogP contribution >= 0.6 is 11.6 Å². The summed E-state index contributed by atoms with van der Waals surface area (Å²) < 4.78 is 5.43. The lowest BCUT2D eigenvalue weighted by molar-refractivity contribution is -0.126. The van der Waals surface area contributed by atoms with Crippen LogP contribution in [0.4, 0.5) is 0 Å². The number of methoxy groups -OCH3 is 1. The number of hydrogen-bond acceptors (Lipinski definition) is 5. The molecule has 0 saturated heterocycles. The Bertz CT molecular complexity index is 1380. The first-order valence-electron chi connectivity index (χ1n) is 12.5. The van der Waals surface area contributed by atoms with E-state index in [9.17, 15) is 19.6 Å².